The molecule has 90 valence electrons. The number of benzene rings is 1. The van der Waals surface area contributed by atoms with Crippen molar-refractivity contribution in [3.05, 3.63) is 29.6 Å². The minimum Gasteiger partial charge on any atom is -0.508 e. The first-order valence-electron chi connectivity index (χ1n) is 5.82. The van der Waals surface area contributed by atoms with Gasteiger partial charge in [0.05, 0.1) is 0 Å². The van der Waals surface area contributed by atoms with E-state index in [2.05, 4.69) is 18.7 Å². The van der Waals surface area contributed by atoms with E-state index in [1.54, 1.807) is 6.07 Å². The van der Waals surface area contributed by atoms with Crippen LogP contribution in [0, 0.1) is 5.82 Å². The lowest BCUT2D eigenvalue weighted by Crippen LogP contribution is -2.27. The first-order valence-corrected chi connectivity index (χ1v) is 5.82. The molecule has 0 fully saturated rings. The summed E-state index contributed by atoms with van der Waals surface area (Å²) >= 11 is 0. The molecule has 0 aliphatic rings. The van der Waals surface area contributed by atoms with E-state index in [1.807, 2.05) is 6.92 Å². The molecule has 0 radical (unpaired) electrons. The fourth-order valence-corrected chi connectivity index (χ4v) is 1.98. The number of nitrogens with zero attached hydrogens (tertiary/aromatic N) is 1. The normalized spacial score (nSPS) is 13.1. The molecule has 0 aliphatic carbocycles. The van der Waals surface area contributed by atoms with Gasteiger partial charge in [0.25, 0.3) is 0 Å². The van der Waals surface area contributed by atoms with Crippen molar-refractivity contribution in [3.8, 4) is 5.75 Å². The highest BCUT2D eigenvalue weighted by Crippen LogP contribution is 2.28. The quantitative estimate of drug-likeness (QED) is 0.831. The van der Waals surface area contributed by atoms with Crippen molar-refractivity contribution in [1.29, 1.82) is 0 Å². The minimum atomic E-state index is -0.396. The maximum atomic E-state index is 12.9. The third-order valence-corrected chi connectivity index (χ3v) is 2.91. The highest BCUT2D eigenvalue weighted by molar-refractivity contribution is 5.34. The Morgan fingerprint density at radius 2 is 2.06 bits per heavy atom. The van der Waals surface area contributed by atoms with Crippen LogP contribution in [0.1, 0.15) is 38.8 Å². The third kappa shape index (κ3) is 2.95. The van der Waals surface area contributed by atoms with Crippen LogP contribution in [0.5, 0.6) is 5.75 Å². The number of aromatic hydroxyl groups is 1. The maximum Gasteiger partial charge on any atom is 0.126 e. The van der Waals surface area contributed by atoms with E-state index in [-0.39, 0.29) is 11.8 Å². The molecule has 1 aromatic rings. The Morgan fingerprint density at radius 1 is 1.38 bits per heavy atom. The lowest BCUT2D eigenvalue weighted by atomic mass is 10.1. The molecule has 0 saturated heterocycles. The van der Waals surface area contributed by atoms with Gasteiger partial charge < -0.3 is 5.11 Å². The smallest absolute Gasteiger partial charge is 0.126 e. The standard InChI is InChI=1S/C13H20FNO/c1-4-8-15(5-2)10(3)12-7-6-11(14)9-13(12)16/h6-7,9-10,16H,4-5,8H2,1-3H3. The van der Waals surface area contributed by atoms with Gasteiger partial charge in [-0.25, -0.2) is 4.39 Å². The topological polar surface area (TPSA) is 23.5 Å². The van der Waals surface area contributed by atoms with E-state index in [1.165, 1.54) is 12.1 Å². The average molecular weight is 225 g/mol. The van der Waals surface area contributed by atoms with Crippen molar-refractivity contribution in [2.75, 3.05) is 13.1 Å². The summed E-state index contributed by atoms with van der Waals surface area (Å²) in [7, 11) is 0. The molecule has 1 unspecified atom stereocenters. The number of hydrogen-bond donors (Lipinski definition) is 1. The molecule has 16 heavy (non-hydrogen) atoms. The second kappa shape index (κ2) is 5.85. The first-order chi connectivity index (χ1) is 7.60. The summed E-state index contributed by atoms with van der Waals surface area (Å²) in [5.74, 6) is -0.353. The van der Waals surface area contributed by atoms with Gasteiger partial charge in [-0.1, -0.05) is 19.9 Å². The van der Waals surface area contributed by atoms with E-state index in [0.717, 1.165) is 25.1 Å². The van der Waals surface area contributed by atoms with Crippen molar-refractivity contribution in [2.24, 2.45) is 0 Å². The molecule has 0 heterocycles. The van der Waals surface area contributed by atoms with Gasteiger partial charge >= 0.3 is 0 Å². The first kappa shape index (κ1) is 13.0. The summed E-state index contributed by atoms with van der Waals surface area (Å²) in [5, 5.41) is 9.71. The number of phenolic OH excluding ortho intramolecular Hbond substituents is 1. The Labute approximate surface area is 96.7 Å². The van der Waals surface area contributed by atoms with Gasteiger partial charge in [0.2, 0.25) is 0 Å². The summed E-state index contributed by atoms with van der Waals surface area (Å²) in [6.45, 7) is 8.15. The molecule has 0 amide bonds. The van der Waals surface area contributed by atoms with Crippen LogP contribution in [-0.2, 0) is 0 Å². The molecule has 0 aromatic heterocycles. The summed E-state index contributed by atoms with van der Waals surface area (Å²) < 4.78 is 12.9. The Morgan fingerprint density at radius 3 is 2.56 bits per heavy atom. The molecule has 0 bridgehead atoms. The van der Waals surface area contributed by atoms with Crippen LogP contribution in [0.4, 0.5) is 4.39 Å². The fraction of sp³-hybridized carbons (Fsp3) is 0.538. The van der Waals surface area contributed by atoms with Gasteiger partial charge in [-0.3, -0.25) is 4.90 Å². The van der Waals surface area contributed by atoms with Crippen molar-refractivity contribution >= 4 is 0 Å². The van der Waals surface area contributed by atoms with Gasteiger partial charge in [0.15, 0.2) is 0 Å². The summed E-state index contributed by atoms with van der Waals surface area (Å²) in [6, 6.07) is 4.34. The molecule has 0 saturated carbocycles. The molecule has 2 nitrogen and oxygen atoms in total. The lowest BCUT2D eigenvalue weighted by molar-refractivity contribution is 0.218. The molecule has 3 heteroatoms. The lowest BCUT2D eigenvalue weighted by Gasteiger charge is -2.28. The van der Waals surface area contributed by atoms with Gasteiger partial charge in [0.1, 0.15) is 11.6 Å². The summed E-state index contributed by atoms with van der Waals surface area (Å²) in [5.41, 5.74) is 0.789. The number of rotatable bonds is 5. The highest BCUT2D eigenvalue weighted by atomic mass is 19.1. The average Bonchev–Trinajstić information content (AvgIpc) is 2.25. The number of phenols is 1. The van der Waals surface area contributed by atoms with E-state index in [4.69, 9.17) is 0 Å². The second-order valence-electron chi connectivity index (χ2n) is 4.01. The SMILES string of the molecule is CCCN(CC)C(C)c1ccc(F)cc1O. The third-order valence-electron chi connectivity index (χ3n) is 2.91. The zero-order chi connectivity index (χ0) is 12.1. The summed E-state index contributed by atoms with van der Waals surface area (Å²) in [6.07, 6.45) is 1.07. The van der Waals surface area contributed by atoms with Crippen LogP contribution in [0.3, 0.4) is 0 Å². The van der Waals surface area contributed by atoms with Crippen molar-refractivity contribution in [3.63, 3.8) is 0 Å². The molecule has 0 aliphatic heterocycles. The molecular formula is C13H20FNO. The van der Waals surface area contributed by atoms with Crippen LogP contribution < -0.4 is 0 Å². The molecule has 0 spiro atoms. The van der Waals surface area contributed by atoms with Gasteiger partial charge in [0, 0.05) is 17.7 Å². The van der Waals surface area contributed by atoms with E-state index in [9.17, 15) is 9.50 Å². The molecule has 1 aromatic carbocycles. The zero-order valence-corrected chi connectivity index (χ0v) is 10.2. The Balaban J connectivity index is 2.89. The molecule has 1 rings (SSSR count). The van der Waals surface area contributed by atoms with E-state index >= 15 is 0 Å². The zero-order valence-electron chi connectivity index (χ0n) is 10.2. The Hall–Kier alpha value is -1.09. The van der Waals surface area contributed by atoms with Gasteiger partial charge in [-0.15, -0.1) is 0 Å². The Bertz CT molecular complexity index is 341. The highest BCUT2D eigenvalue weighted by Gasteiger charge is 2.16. The number of hydrogen-bond acceptors (Lipinski definition) is 2. The second-order valence-corrected chi connectivity index (χ2v) is 4.01. The van der Waals surface area contributed by atoms with Crippen molar-refractivity contribution in [1.82, 2.24) is 4.90 Å². The number of halogens is 1. The van der Waals surface area contributed by atoms with E-state index < -0.39 is 5.82 Å². The Kier molecular flexibility index (Phi) is 4.74. The minimum absolute atomic E-state index is 0.0436. The monoisotopic (exact) mass is 225 g/mol. The molecule has 1 N–H and O–H groups in total. The van der Waals surface area contributed by atoms with Crippen molar-refractivity contribution in [2.45, 2.75) is 33.2 Å². The predicted molar refractivity (Wildman–Crippen MR) is 64.0 cm³/mol. The van der Waals surface area contributed by atoms with Crippen LogP contribution >= 0.6 is 0 Å². The van der Waals surface area contributed by atoms with E-state index in [0.29, 0.717) is 0 Å². The largest absolute Gasteiger partial charge is 0.508 e. The fourth-order valence-electron chi connectivity index (χ4n) is 1.98. The predicted octanol–water partition coefficient (Wildman–Crippen LogP) is 3.32. The van der Waals surface area contributed by atoms with Gasteiger partial charge in [-0.05, 0) is 32.5 Å². The van der Waals surface area contributed by atoms with Gasteiger partial charge in [-0.2, -0.15) is 0 Å². The van der Waals surface area contributed by atoms with Crippen LogP contribution in [-0.4, -0.2) is 23.1 Å². The maximum absolute atomic E-state index is 12.9. The molecular weight excluding hydrogens is 205 g/mol. The van der Waals surface area contributed by atoms with Crippen LogP contribution in [0.2, 0.25) is 0 Å². The van der Waals surface area contributed by atoms with Crippen LogP contribution in [0.25, 0.3) is 0 Å². The summed E-state index contributed by atoms with van der Waals surface area (Å²) in [4.78, 5) is 2.26. The van der Waals surface area contributed by atoms with Crippen LogP contribution in [0.15, 0.2) is 18.2 Å². The molecule has 1 atom stereocenters. The van der Waals surface area contributed by atoms with Crippen molar-refractivity contribution < 1.29 is 9.50 Å².